The zero-order valence-electron chi connectivity index (χ0n) is 31.7. The number of hydrogen-bond acceptors (Lipinski definition) is 1. The highest BCUT2D eigenvalue weighted by molar-refractivity contribution is 6.20. The molecular weight excluding hydrogens is 641 g/mol. The summed E-state index contributed by atoms with van der Waals surface area (Å²) >= 11 is 0. The van der Waals surface area contributed by atoms with Crippen molar-refractivity contribution in [2.45, 2.75) is 0 Å². The lowest BCUT2D eigenvalue weighted by Gasteiger charge is -2.23. The van der Waals surface area contributed by atoms with Gasteiger partial charge in [0.1, 0.15) is 11.5 Å². The molecule has 0 aromatic heterocycles. The fraction of sp³-hybridized carbons (Fsp3) is 0. The first-order chi connectivity index (χ1) is 27.5. The Morgan fingerprint density at radius 1 is 0.321 bits per heavy atom. The van der Waals surface area contributed by atoms with Gasteiger partial charge in [-0.1, -0.05) is 152 Å². The third-order valence-corrected chi connectivity index (χ3v) is 10.7. The Morgan fingerprint density at radius 3 is 1.81 bits per heavy atom. The van der Waals surface area contributed by atoms with Gasteiger partial charge in [0.15, 0.2) is 0 Å². The standard InChI is InChI=1S/C52H32O/c1-3-12-33(13-4-1)36-23-24-44-46-21-11-20-45-42(26-27-49(52(45)46)53-50(44)32-36)39-28-38(34-14-5-2-6-15-34)29-40(30-39)51-43-19-10-8-17-37(43)31-48-41-18-9-7-16-35(41)22-25-47(48)51/h1-32H/i28D,29D,30D. The van der Waals surface area contributed by atoms with Gasteiger partial charge in [0.05, 0.1) is 4.11 Å². The first kappa shape index (κ1) is 26.8. The molecule has 0 N–H and O–H groups in total. The van der Waals surface area contributed by atoms with Gasteiger partial charge in [-0.3, -0.25) is 0 Å². The first-order valence-electron chi connectivity index (χ1n) is 19.5. The molecule has 0 atom stereocenters. The quantitative estimate of drug-likeness (QED) is 0.133. The smallest absolute Gasteiger partial charge is 0.135 e. The van der Waals surface area contributed by atoms with Gasteiger partial charge in [-0.05, 0) is 130 Å². The predicted octanol–water partition coefficient (Wildman–Crippen LogP) is 14.7. The van der Waals surface area contributed by atoms with E-state index in [1.54, 1.807) is 0 Å². The second-order valence-electron chi connectivity index (χ2n) is 13.7. The minimum Gasteiger partial charge on any atom is -0.456 e. The molecule has 1 nitrogen and oxygen atoms in total. The van der Waals surface area contributed by atoms with Crippen molar-refractivity contribution in [3.8, 4) is 67.1 Å². The van der Waals surface area contributed by atoms with Gasteiger partial charge in [-0.25, -0.2) is 0 Å². The largest absolute Gasteiger partial charge is 0.456 e. The lowest BCUT2D eigenvalue weighted by molar-refractivity contribution is 0.487. The number of rotatable bonds is 4. The van der Waals surface area contributed by atoms with Crippen molar-refractivity contribution in [3.63, 3.8) is 0 Å². The second kappa shape index (κ2) is 11.8. The van der Waals surface area contributed by atoms with Gasteiger partial charge in [-0.2, -0.15) is 0 Å². The topological polar surface area (TPSA) is 9.23 Å². The summed E-state index contributed by atoms with van der Waals surface area (Å²) in [6.45, 7) is 0. The number of fused-ring (bicyclic) bond motifs is 6. The molecule has 0 saturated heterocycles. The first-order valence-corrected chi connectivity index (χ1v) is 18.0. The van der Waals surface area contributed by atoms with Crippen molar-refractivity contribution >= 4 is 43.1 Å². The van der Waals surface area contributed by atoms with Crippen LogP contribution in [-0.2, 0) is 0 Å². The molecule has 0 fully saturated rings. The lowest BCUT2D eigenvalue weighted by atomic mass is 9.85. The minimum atomic E-state index is 0.162. The molecular formula is C52H32O. The van der Waals surface area contributed by atoms with Crippen LogP contribution >= 0.6 is 0 Å². The summed E-state index contributed by atoms with van der Waals surface area (Å²) in [6.07, 6.45) is 0. The Kier molecular flexibility index (Phi) is 5.97. The van der Waals surface area contributed by atoms with Crippen LogP contribution in [0.3, 0.4) is 0 Å². The lowest BCUT2D eigenvalue weighted by Crippen LogP contribution is -1.98. The second-order valence-corrected chi connectivity index (χ2v) is 13.7. The van der Waals surface area contributed by atoms with Crippen LogP contribution in [0.4, 0.5) is 0 Å². The van der Waals surface area contributed by atoms with Gasteiger partial charge in [0, 0.05) is 10.9 Å². The average Bonchev–Trinajstić information content (AvgIpc) is 3.24. The molecule has 1 heterocycles. The fourth-order valence-corrected chi connectivity index (χ4v) is 8.23. The average molecular weight is 676 g/mol. The van der Waals surface area contributed by atoms with E-state index < -0.39 is 0 Å². The molecule has 1 aliphatic rings. The minimum absolute atomic E-state index is 0.162. The van der Waals surface area contributed by atoms with Crippen LogP contribution in [0.25, 0.3) is 98.7 Å². The van der Waals surface area contributed by atoms with Gasteiger partial charge in [0.25, 0.3) is 0 Å². The van der Waals surface area contributed by atoms with E-state index in [4.69, 9.17) is 4.74 Å². The molecule has 10 aromatic carbocycles. The van der Waals surface area contributed by atoms with Crippen molar-refractivity contribution in [2.24, 2.45) is 0 Å². The maximum atomic E-state index is 10.2. The molecule has 0 aliphatic carbocycles. The monoisotopic (exact) mass is 675 g/mol. The number of ether oxygens (including phenoxy) is 1. The Hall–Kier alpha value is -6.96. The molecule has 0 radical (unpaired) electrons. The summed E-state index contributed by atoms with van der Waals surface area (Å²) < 4.78 is 36.7. The summed E-state index contributed by atoms with van der Waals surface area (Å²) in [5.74, 6) is 1.53. The molecule has 246 valence electrons. The molecule has 0 spiro atoms. The third-order valence-electron chi connectivity index (χ3n) is 10.7. The highest BCUT2D eigenvalue weighted by Crippen LogP contribution is 2.50. The zero-order chi connectivity index (χ0) is 37.5. The zero-order valence-corrected chi connectivity index (χ0v) is 28.7. The maximum Gasteiger partial charge on any atom is 0.135 e. The van der Waals surface area contributed by atoms with Gasteiger partial charge < -0.3 is 4.74 Å². The van der Waals surface area contributed by atoms with Crippen molar-refractivity contribution < 1.29 is 8.85 Å². The molecule has 0 unspecified atom stereocenters. The maximum absolute atomic E-state index is 10.2. The molecule has 0 amide bonds. The Morgan fingerprint density at radius 2 is 0.981 bits per heavy atom. The van der Waals surface area contributed by atoms with Crippen molar-refractivity contribution in [1.82, 2.24) is 0 Å². The molecule has 0 saturated carbocycles. The van der Waals surface area contributed by atoms with Crippen LogP contribution in [-0.4, -0.2) is 0 Å². The SMILES string of the molecule is [2H]c1c(-c2ccccc2)c([2H])c(-c2c3ccccc3cc3c2ccc2ccccc23)c([2H])c1-c1ccc2c3c(cccc13)-c1ccc(-c3ccccc3)cc1O2. The Labute approximate surface area is 312 Å². The van der Waals surface area contributed by atoms with E-state index in [1.807, 2.05) is 72.8 Å². The normalized spacial score (nSPS) is 12.7. The number of hydrogen-bond donors (Lipinski definition) is 0. The Balaban J connectivity index is 1.22. The van der Waals surface area contributed by atoms with Crippen LogP contribution in [0.1, 0.15) is 4.11 Å². The summed E-state index contributed by atoms with van der Waals surface area (Å²) in [6, 6.07) is 60.3. The van der Waals surface area contributed by atoms with Crippen LogP contribution in [0.2, 0.25) is 0 Å². The summed E-state index contributed by atoms with van der Waals surface area (Å²) in [5.41, 5.74) is 8.14. The van der Waals surface area contributed by atoms with Crippen molar-refractivity contribution in [3.05, 3.63) is 194 Å². The summed E-state index contributed by atoms with van der Waals surface area (Å²) in [5, 5.41) is 8.15. The molecule has 53 heavy (non-hydrogen) atoms. The molecule has 11 rings (SSSR count). The van der Waals surface area contributed by atoms with Gasteiger partial charge in [-0.15, -0.1) is 0 Å². The fourth-order valence-electron chi connectivity index (χ4n) is 8.23. The molecule has 0 bridgehead atoms. The third kappa shape index (κ3) is 4.79. The van der Waals surface area contributed by atoms with Crippen molar-refractivity contribution in [1.29, 1.82) is 0 Å². The van der Waals surface area contributed by atoms with E-state index in [0.717, 1.165) is 93.5 Å². The van der Waals surface area contributed by atoms with E-state index in [0.29, 0.717) is 16.7 Å². The van der Waals surface area contributed by atoms with Crippen molar-refractivity contribution in [2.75, 3.05) is 0 Å². The predicted molar refractivity (Wildman–Crippen MR) is 224 cm³/mol. The molecule has 10 aromatic rings. The van der Waals surface area contributed by atoms with Crippen LogP contribution < -0.4 is 4.74 Å². The van der Waals surface area contributed by atoms with Gasteiger partial charge in [0.2, 0.25) is 0 Å². The number of benzene rings is 10. The van der Waals surface area contributed by atoms with Crippen LogP contribution in [0.5, 0.6) is 11.5 Å². The van der Waals surface area contributed by atoms with E-state index in [2.05, 4.69) is 103 Å². The highest BCUT2D eigenvalue weighted by atomic mass is 16.5. The van der Waals surface area contributed by atoms with Crippen LogP contribution in [0, 0.1) is 0 Å². The summed E-state index contributed by atoms with van der Waals surface area (Å²) in [7, 11) is 0. The van der Waals surface area contributed by atoms with E-state index >= 15 is 0 Å². The molecule has 1 aliphatic heterocycles. The Bertz CT molecular complexity index is 3240. The van der Waals surface area contributed by atoms with E-state index in [9.17, 15) is 4.11 Å². The molecule has 1 heteroatoms. The van der Waals surface area contributed by atoms with E-state index in [-0.39, 0.29) is 18.1 Å². The van der Waals surface area contributed by atoms with Crippen LogP contribution in [0.15, 0.2) is 194 Å². The highest BCUT2D eigenvalue weighted by Gasteiger charge is 2.23. The van der Waals surface area contributed by atoms with Gasteiger partial charge >= 0.3 is 0 Å². The van der Waals surface area contributed by atoms with E-state index in [1.165, 1.54) is 0 Å². The summed E-state index contributed by atoms with van der Waals surface area (Å²) in [4.78, 5) is 0.